The highest BCUT2D eigenvalue weighted by molar-refractivity contribution is 5.71. The Hall–Kier alpha value is -2.49. The number of carbonyl (C=O) groups excluding carboxylic acids is 1. The summed E-state index contributed by atoms with van der Waals surface area (Å²) in [4.78, 5) is 11.5. The van der Waals surface area contributed by atoms with Gasteiger partial charge in [0.1, 0.15) is 17.6 Å². The second-order valence-electron chi connectivity index (χ2n) is 6.33. The number of esters is 1. The van der Waals surface area contributed by atoms with Crippen LogP contribution in [0.15, 0.2) is 42.5 Å². The van der Waals surface area contributed by atoms with Gasteiger partial charge in [-0.25, -0.2) is 0 Å². The molecule has 2 atom stereocenters. The summed E-state index contributed by atoms with van der Waals surface area (Å²) in [6, 6.07) is 14.4. The predicted molar refractivity (Wildman–Crippen MR) is 89.4 cm³/mol. The molecular formula is C20H20O4. The Balaban J connectivity index is 1.50. The Morgan fingerprint density at radius 2 is 2.08 bits per heavy atom. The second-order valence-corrected chi connectivity index (χ2v) is 6.33. The highest BCUT2D eigenvalue weighted by Crippen LogP contribution is 2.41. The summed E-state index contributed by atoms with van der Waals surface area (Å²) in [7, 11) is 1.41. The molecular weight excluding hydrogens is 304 g/mol. The molecule has 0 fully saturated rings. The molecule has 0 bridgehead atoms. The zero-order chi connectivity index (χ0) is 16.5. The Bertz CT molecular complexity index is 768. The molecule has 1 heterocycles. The topological polar surface area (TPSA) is 44.8 Å². The first-order chi connectivity index (χ1) is 11.7. The van der Waals surface area contributed by atoms with Crippen LogP contribution in [0.4, 0.5) is 0 Å². The number of hydrogen-bond donors (Lipinski definition) is 0. The Kier molecular flexibility index (Phi) is 3.89. The van der Waals surface area contributed by atoms with Crippen molar-refractivity contribution in [2.75, 3.05) is 13.7 Å². The lowest BCUT2D eigenvalue weighted by molar-refractivity contribution is -0.141. The van der Waals surface area contributed by atoms with Crippen molar-refractivity contribution in [1.29, 1.82) is 0 Å². The van der Waals surface area contributed by atoms with Crippen LogP contribution in [0.2, 0.25) is 0 Å². The van der Waals surface area contributed by atoms with E-state index in [0.29, 0.717) is 13.0 Å². The Morgan fingerprint density at radius 1 is 1.21 bits per heavy atom. The van der Waals surface area contributed by atoms with E-state index in [9.17, 15) is 4.79 Å². The summed E-state index contributed by atoms with van der Waals surface area (Å²) >= 11 is 0. The standard InChI is InChI=1S/C20H20O4/c1-22-20(21)10-14-12-23-19-11-15(7-8-17(14)19)24-18-9-6-13-4-2-3-5-16(13)18/h2-5,7-8,11,14,18H,6,9-10,12H2,1H3/t14-,18?/m1/s1. The number of fused-ring (bicyclic) bond motifs is 2. The van der Waals surface area contributed by atoms with Gasteiger partial charge in [0.05, 0.1) is 20.1 Å². The molecule has 0 radical (unpaired) electrons. The van der Waals surface area contributed by atoms with Gasteiger partial charge >= 0.3 is 5.97 Å². The van der Waals surface area contributed by atoms with Crippen LogP contribution in [0.25, 0.3) is 0 Å². The average molecular weight is 324 g/mol. The maximum Gasteiger partial charge on any atom is 0.306 e. The number of benzene rings is 2. The van der Waals surface area contributed by atoms with Crippen LogP contribution in [-0.2, 0) is 16.0 Å². The van der Waals surface area contributed by atoms with Crippen molar-refractivity contribution in [1.82, 2.24) is 0 Å². The first kappa shape index (κ1) is 15.1. The van der Waals surface area contributed by atoms with E-state index >= 15 is 0 Å². The summed E-state index contributed by atoms with van der Waals surface area (Å²) in [5.74, 6) is 1.48. The van der Waals surface area contributed by atoms with Crippen LogP contribution in [0, 0.1) is 0 Å². The van der Waals surface area contributed by atoms with Gasteiger partial charge in [-0.1, -0.05) is 30.3 Å². The summed E-state index contributed by atoms with van der Waals surface area (Å²) in [6.45, 7) is 0.514. The minimum atomic E-state index is -0.209. The summed E-state index contributed by atoms with van der Waals surface area (Å²) in [5, 5.41) is 0. The van der Waals surface area contributed by atoms with Crippen LogP contribution in [0.5, 0.6) is 11.5 Å². The van der Waals surface area contributed by atoms with E-state index in [4.69, 9.17) is 14.2 Å². The third-order valence-corrected chi connectivity index (χ3v) is 4.86. The molecule has 0 saturated heterocycles. The third kappa shape index (κ3) is 2.73. The van der Waals surface area contributed by atoms with E-state index in [-0.39, 0.29) is 18.0 Å². The van der Waals surface area contributed by atoms with E-state index in [1.165, 1.54) is 18.2 Å². The van der Waals surface area contributed by atoms with Crippen molar-refractivity contribution in [3.05, 3.63) is 59.2 Å². The van der Waals surface area contributed by atoms with Crippen LogP contribution < -0.4 is 9.47 Å². The molecule has 1 aliphatic heterocycles. The normalized spacial score (nSPS) is 20.9. The zero-order valence-corrected chi connectivity index (χ0v) is 13.7. The molecule has 4 heteroatoms. The number of methoxy groups -OCH3 is 1. The van der Waals surface area contributed by atoms with E-state index in [0.717, 1.165) is 29.9 Å². The highest BCUT2D eigenvalue weighted by Gasteiger charge is 2.28. The van der Waals surface area contributed by atoms with E-state index in [2.05, 4.69) is 24.3 Å². The number of carbonyl (C=O) groups is 1. The Morgan fingerprint density at radius 3 is 2.96 bits per heavy atom. The van der Waals surface area contributed by atoms with Crippen molar-refractivity contribution in [2.24, 2.45) is 0 Å². The molecule has 1 unspecified atom stereocenters. The van der Waals surface area contributed by atoms with Gasteiger partial charge in [0.2, 0.25) is 0 Å². The fourth-order valence-electron chi connectivity index (χ4n) is 3.59. The Labute approximate surface area is 141 Å². The average Bonchev–Trinajstić information content (AvgIpc) is 3.19. The third-order valence-electron chi connectivity index (χ3n) is 4.86. The van der Waals surface area contributed by atoms with Gasteiger partial charge in [-0.05, 0) is 30.0 Å². The summed E-state index contributed by atoms with van der Waals surface area (Å²) < 4.78 is 16.7. The van der Waals surface area contributed by atoms with Crippen molar-refractivity contribution in [3.63, 3.8) is 0 Å². The number of aryl methyl sites for hydroxylation is 1. The molecule has 2 aliphatic rings. The molecule has 0 amide bonds. The number of ether oxygens (including phenoxy) is 3. The van der Waals surface area contributed by atoms with Crippen LogP contribution in [-0.4, -0.2) is 19.7 Å². The van der Waals surface area contributed by atoms with Gasteiger partial charge in [-0.15, -0.1) is 0 Å². The predicted octanol–water partition coefficient (Wildman–Crippen LogP) is 3.79. The number of rotatable bonds is 4. The molecule has 24 heavy (non-hydrogen) atoms. The first-order valence-electron chi connectivity index (χ1n) is 8.32. The fourth-order valence-corrected chi connectivity index (χ4v) is 3.59. The molecule has 124 valence electrons. The molecule has 0 saturated carbocycles. The first-order valence-corrected chi connectivity index (χ1v) is 8.32. The van der Waals surface area contributed by atoms with E-state index < -0.39 is 0 Å². The van der Waals surface area contributed by atoms with Gasteiger partial charge in [0.15, 0.2) is 0 Å². The van der Waals surface area contributed by atoms with Gasteiger partial charge < -0.3 is 14.2 Å². The van der Waals surface area contributed by atoms with Crippen molar-refractivity contribution < 1.29 is 19.0 Å². The maximum absolute atomic E-state index is 11.5. The van der Waals surface area contributed by atoms with Gasteiger partial charge in [0, 0.05) is 17.5 Å². The second kappa shape index (κ2) is 6.19. The largest absolute Gasteiger partial charge is 0.492 e. The lowest BCUT2D eigenvalue weighted by Crippen LogP contribution is -2.09. The monoisotopic (exact) mass is 324 g/mol. The quantitative estimate of drug-likeness (QED) is 0.803. The van der Waals surface area contributed by atoms with Gasteiger partial charge in [0.25, 0.3) is 0 Å². The fraction of sp³-hybridized carbons (Fsp3) is 0.350. The molecule has 2 aromatic carbocycles. The highest BCUT2D eigenvalue weighted by atomic mass is 16.5. The molecule has 4 rings (SSSR count). The van der Waals surface area contributed by atoms with E-state index in [1.54, 1.807) is 0 Å². The van der Waals surface area contributed by atoms with Crippen LogP contribution in [0.1, 0.15) is 41.6 Å². The van der Waals surface area contributed by atoms with Crippen LogP contribution in [0.3, 0.4) is 0 Å². The minimum Gasteiger partial charge on any atom is -0.492 e. The lowest BCUT2D eigenvalue weighted by atomic mass is 9.98. The van der Waals surface area contributed by atoms with E-state index in [1.807, 2.05) is 18.2 Å². The van der Waals surface area contributed by atoms with Gasteiger partial charge in [-0.2, -0.15) is 0 Å². The smallest absolute Gasteiger partial charge is 0.306 e. The van der Waals surface area contributed by atoms with Crippen molar-refractivity contribution in [2.45, 2.75) is 31.3 Å². The molecule has 4 nitrogen and oxygen atoms in total. The van der Waals surface area contributed by atoms with Gasteiger partial charge in [-0.3, -0.25) is 4.79 Å². The minimum absolute atomic E-state index is 0.0636. The van der Waals surface area contributed by atoms with Crippen molar-refractivity contribution in [3.8, 4) is 11.5 Å². The summed E-state index contributed by atoms with van der Waals surface area (Å²) in [6.07, 6.45) is 2.51. The molecule has 0 N–H and O–H groups in total. The molecule has 1 aliphatic carbocycles. The van der Waals surface area contributed by atoms with Crippen LogP contribution >= 0.6 is 0 Å². The lowest BCUT2D eigenvalue weighted by Gasteiger charge is -2.15. The molecule has 0 spiro atoms. The summed E-state index contributed by atoms with van der Waals surface area (Å²) in [5.41, 5.74) is 3.71. The maximum atomic E-state index is 11.5. The number of hydrogen-bond acceptors (Lipinski definition) is 4. The SMILES string of the molecule is COC(=O)C[C@@H]1COc2cc(OC3CCc4ccccc43)ccc21. The molecule has 2 aromatic rings. The molecule has 0 aromatic heterocycles. The zero-order valence-electron chi connectivity index (χ0n) is 13.7. The van der Waals surface area contributed by atoms with Crippen molar-refractivity contribution >= 4 is 5.97 Å².